The molecule has 0 amide bonds. The molecular formula is C17H22O2. The Morgan fingerprint density at radius 2 is 1.74 bits per heavy atom. The van der Waals surface area contributed by atoms with Crippen LogP contribution in [0.4, 0.5) is 0 Å². The van der Waals surface area contributed by atoms with E-state index in [4.69, 9.17) is 4.74 Å². The van der Waals surface area contributed by atoms with Crippen molar-refractivity contribution >= 4 is 5.97 Å². The monoisotopic (exact) mass is 258 g/mol. The van der Waals surface area contributed by atoms with Gasteiger partial charge >= 0.3 is 5.97 Å². The van der Waals surface area contributed by atoms with Crippen LogP contribution in [0.1, 0.15) is 49.7 Å². The first-order valence-electron chi connectivity index (χ1n) is 6.99. The number of ether oxygens (including phenoxy) is 1. The lowest BCUT2D eigenvalue weighted by Crippen LogP contribution is -2.24. The number of carbonyl (C=O) groups excluding carboxylic acids is 1. The minimum Gasteiger partial charge on any atom is -0.459 e. The van der Waals surface area contributed by atoms with Crippen LogP contribution < -0.4 is 0 Å². The van der Waals surface area contributed by atoms with Crippen LogP contribution in [0.15, 0.2) is 36.4 Å². The smallest absolute Gasteiger partial charge is 0.333 e. The van der Waals surface area contributed by atoms with Gasteiger partial charge in [-0.3, -0.25) is 0 Å². The van der Waals surface area contributed by atoms with Crippen molar-refractivity contribution in [1.82, 2.24) is 0 Å². The van der Waals surface area contributed by atoms with E-state index in [0.29, 0.717) is 11.5 Å². The summed E-state index contributed by atoms with van der Waals surface area (Å²) in [5.41, 5.74) is 3.20. The Bertz CT molecular complexity index is 451. The van der Waals surface area contributed by atoms with E-state index in [-0.39, 0.29) is 12.1 Å². The maximum Gasteiger partial charge on any atom is 0.333 e. The topological polar surface area (TPSA) is 26.3 Å². The lowest BCUT2D eigenvalue weighted by molar-refractivity contribution is -0.145. The fourth-order valence-electron chi connectivity index (χ4n) is 2.60. The van der Waals surface area contributed by atoms with Crippen molar-refractivity contribution in [3.8, 4) is 0 Å². The maximum atomic E-state index is 11.5. The van der Waals surface area contributed by atoms with Crippen LogP contribution in [0.3, 0.4) is 0 Å². The third-order valence-corrected chi connectivity index (χ3v) is 3.85. The molecule has 0 aromatic heterocycles. The van der Waals surface area contributed by atoms with Gasteiger partial charge in [0.15, 0.2) is 0 Å². The number of hydrogen-bond donors (Lipinski definition) is 0. The van der Waals surface area contributed by atoms with E-state index in [1.165, 1.54) is 11.1 Å². The largest absolute Gasteiger partial charge is 0.459 e. The normalized spacial score (nSPS) is 22.8. The average molecular weight is 258 g/mol. The summed E-state index contributed by atoms with van der Waals surface area (Å²) in [5, 5.41) is 0. The quantitative estimate of drug-likeness (QED) is 0.601. The van der Waals surface area contributed by atoms with Crippen LogP contribution in [-0.4, -0.2) is 12.1 Å². The molecule has 0 saturated heterocycles. The second-order valence-electron chi connectivity index (χ2n) is 5.57. The molecule has 102 valence electrons. The van der Waals surface area contributed by atoms with Crippen LogP contribution in [0, 0.1) is 6.92 Å². The Balaban J connectivity index is 1.87. The molecule has 0 N–H and O–H groups in total. The summed E-state index contributed by atoms with van der Waals surface area (Å²) in [5.74, 6) is 0.360. The highest BCUT2D eigenvalue weighted by atomic mass is 16.5. The zero-order chi connectivity index (χ0) is 13.8. The lowest BCUT2D eigenvalue weighted by Gasteiger charge is -2.28. The molecule has 0 radical (unpaired) electrons. The van der Waals surface area contributed by atoms with Crippen LogP contribution >= 0.6 is 0 Å². The van der Waals surface area contributed by atoms with Gasteiger partial charge in [0, 0.05) is 5.57 Å². The summed E-state index contributed by atoms with van der Waals surface area (Å²) in [4.78, 5) is 11.5. The Morgan fingerprint density at radius 1 is 1.16 bits per heavy atom. The first-order chi connectivity index (χ1) is 9.06. The van der Waals surface area contributed by atoms with Crippen molar-refractivity contribution in [3.05, 3.63) is 47.5 Å². The first-order valence-corrected chi connectivity index (χ1v) is 6.99. The molecule has 0 atom stereocenters. The van der Waals surface area contributed by atoms with Crippen LogP contribution in [0.5, 0.6) is 0 Å². The highest BCUT2D eigenvalue weighted by molar-refractivity contribution is 5.87. The van der Waals surface area contributed by atoms with Gasteiger partial charge < -0.3 is 4.74 Å². The van der Waals surface area contributed by atoms with E-state index in [9.17, 15) is 4.79 Å². The molecule has 1 aromatic carbocycles. The third kappa shape index (κ3) is 3.69. The van der Waals surface area contributed by atoms with Crippen molar-refractivity contribution in [3.63, 3.8) is 0 Å². The predicted molar refractivity (Wildman–Crippen MR) is 77.1 cm³/mol. The summed E-state index contributed by atoms with van der Waals surface area (Å²) in [6, 6.07) is 8.78. The molecule has 1 aromatic rings. The third-order valence-electron chi connectivity index (χ3n) is 3.85. The summed E-state index contributed by atoms with van der Waals surface area (Å²) in [6.45, 7) is 7.42. The summed E-state index contributed by atoms with van der Waals surface area (Å²) in [6.07, 6.45) is 4.18. The van der Waals surface area contributed by atoms with Crippen LogP contribution in [0.2, 0.25) is 0 Å². The Morgan fingerprint density at radius 3 is 2.26 bits per heavy atom. The van der Waals surface area contributed by atoms with Gasteiger partial charge in [-0.25, -0.2) is 4.79 Å². The number of carbonyl (C=O) groups is 1. The van der Waals surface area contributed by atoms with Crippen LogP contribution in [-0.2, 0) is 9.53 Å². The minimum absolute atomic E-state index is 0.0749. The van der Waals surface area contributed by atoms with E-state index < -0.39 is 0 Å². The van der Waals surface area contributed by atoms with Crippen molar-refractivity contribution in [2.45, 2.75) is 51.6 Å². The fourth-order valence-corrected chi connectivity index (χ4v) is 2.60. The number of hydrogen-bond acceptors (Lipinski definition) is 2. The van der Waals surface area contributed by atoms with Gasteiger partial charge in [0.05, 0.1) is 0 Å². The molecule has 2 heteroatoms. The molecule has 0 heterocycles. The van der Waals surface area contributed by atoms with Crippen molar-refractivity contribution in [1.29, 1.82) is 0 Å². The summed E-state index contributed by atoms with van der Waals surface area (Å²) in [7, 11) is 0. The molecule has 2 nitrogen and oxygen atoms in total. The highest BCUT2D eigenvalue weighted by Gasteiger charge is 2.24. The zero-order valence-corrected chi connectivity index (χ0v) is 11.8. The van der Waals surface area contributed by atoms with E-state index in [2.05, 4.69) is 37.8 Å². The van der Waals surface area contributed by atoms with Crippen molar-refractivity contribution < 1.29 is 9.53 Å². The maximum absolute atomic E-state index is 11.5. The Kier molecular flexibility index (Phi) is 4.41. The van der Waals surface area contributed by atoms with Gasteiger partial charge in [0.1, 0.15) is 6.10 Å². The SMILES string of the molecule is C=C(C)C(=O)OC1CCC(c2ccc(C)cc2)CC1. The average Bonchev–Trinajstić information content (AvgIpc) is 2.40. The second kappa shape index (κ2) is 6.05. The van der Waals surface area contributed by atoms with E-state index >= 15 is 0 Å². The van der Waals surface area contributed by atoms with E-state index in [1.54, 1.807) is 6.92 Å². The predicted octanol–water partition coefficient (Wildman–Crippen LogP) is 4.14. The van der Waals surface area contributed by atoms with Gasteiger partial charge in [-0.1, -0.05) is 36.4 Å². The van der Waals surface area contributed by atoms with Crippen LogP contribution in [0.25, 0.3) is 0 Å². The van der Waals surface area contributed by atoms with Gasteiger partial charge in [-0.2, -0.15) is 0 Å². The molecule has 1 saturated carbocycles. The summed E-state index contributed by atoms with van der Waals surface area (Å²) >= 11 is 0. The number of aryl methyl sites for hydroxylation is 1. The van der Waals surface area contributed by atoms with Crippen molar-refractivity contribution in [2.75, 3.05) is 0 Å². The molecule has 0 aliphatic heterocycles. The molecule has 1 fully saturated rings. The number of benzene rings is 1. The molecule has 19 heavy (non-hydrogen) atoms. The standard InChI is InChI=1S/C17H22O2/c1-12(2)17(18)19-16-10-8-15(9-11-16)14-6-4-13(3)5-7-14/h4-7,15-16H,1,8-11H2,2-3H3. The zero-order valence-electron chi connectivity index (χ0n) is 11.8. The highest BCUT2D eigenvalue weighted by Crippen LogP contribution is 2.34. The summed E-state index contributed by atoms with van der Waals surface area (Å²) < 4.78 is 5.42. The molecule has 0 unspecified atom stereocenters. The van der Waals surface area contributed by atoms with E-state index in [1.807, 2.05) is 0 Å². The van der Waals surface area contributed by atoms with Gasteiger partial charge in [0.2, 0.25) is 0 Å². The van der Waals surface area contributed by atoms with Gasteiger partial charge in [-0.05, 0) is 51.0 Å². The molecule has 0 bridgehead atoms. The fraction of sp³-hybridized carbons (Fsp3) is 0.471. The van der Waals surface area contributed by atoms with Crippen molar-refractivity contribution in [2.24, 2.45) is 0 Å². The molecule has 1 aliphatic carbocycles. The Labute approximate surface area is 115 Å². The molecular weight excluding hydrogens is 236 g/mol. The van der Waals surface area contributed by atoms with E-state index in [0.717, 1.165) is 25.7 Å². The molecule has 2 rings (SSSR count). The minimum atomic E-state index is -0.251. The molecule has 0 spiro atoms. The number of esters is 1. The molecule has 1 aliphatic rings. The van der Waals surface area contributed by atoms with Gasteiger partial charge in [-0.15, -0.1) is 0 Å². The Hall–Kier alpha value is -1.57. The second-order valence-corrected chi connectivity index (χ2v) is 5.57. The van der Waals surface area contributed by atoms with Gasteiger partial charge in [0.25, 0.3) is 0 Å². The first kappa shape index (κ1) is 13.9. The lowest BCUT2D eigenvalue weighted by atomic mass is 9.82. The number of rotatable bonds is 3.